The van der Waals surface area contributed by atoms with E-state index in [0.29, 0.717) is 31.5 Å². The summed E-state index contributed by atoms with van der Waals surface area (Å²) in [4.78, 5) is 36.1. The molecule has 2 aromatic carbocycles. The van der Waals surface area contributed by atoms with Crippen molar-refractivity contribution in [3.05, 3.63) is 72.8 Å². The summed E-state index contributed by atoms with van der Waals surface area (Å²) >= 11 is 0. The first-order chi connectivity index (χ1) is 16.0. The topological polar surface area (TPSA) is 95.9 Å². The minimum atomic E-state index is -0.901. The van der Waals surface area contributed by atoms with Crippen LogP contribution in [0.25, 0.3) is 16.7 Å². The fourth-order valence-electron chi connectivity index (χ4n) is 4.53. The van der Waals surface area contributed by atoms with E-state index in [0.717, 1.165) is 29.0 Å². The van der Waals surface area contributed by atoms with Crippen LogP contribution in [0.1, 0.15) is 32.0 Å². The van der Waals surface area contributed by atoms with Gasteiger partial charge in [-0.1, -0.05) is 24.3 Å². The summed E-state index contributed by atoms with van der Waals surface area (Å²) in [7, 11) is 0. The highest BCUT2D eigenvalue weighted by atomic mass is 16.2. The standard InChI is InChI=1S/C25H26N6O2/c1-25(24(33)29-20-10-4-5-11-21(20)31-17-7-15-26-31)14-6-16-30(25)23(32)13-12-22-27-18-8-2-3-9-19(18)28-22/h2-5,7-11,15,17H,6,12-14,16H2,1H3,(H,27,28)(H,29,33)/t25-/m0/s1. The number of anilines is 1. The number of hydrogen-bond acceptors (Lipinski definition) is 4. The van der Waals surface area contributed by atoms with Crippen LogP contribution in [0.15, 0.2) is 67.0 Å². The van der Waals surface area contributed by atoms with E-state index in [4.69, 9.17) is 0 Å². The maximum atomic E-state index is 13.4. The largest absolute Gasteiger partial charge is 0.342 e. The summed E-state index contributed by atoms with van der Waals surface area (Å²) in [5.74, 6) is 0.561. The molecule has 168 valence electrons. The molecule has 3 heterocycles. The van der Waals surface area contributed by atoms with E-state index in [9.17, 15) is 9.59 Å². The van der Waals surface area contributed by atoms with E-state index in [1.165, 1.54) is 0 Å². The molecule has 8 heteroatoms. The first-order valence-corrected chi connectivity index (χ1v) is 11.2. The molecule has 8 nitrogen and oxygen atoms in total. The van der Waals surface area contributed by atoms with Crippen molar-refractivity contribution in [1.29, 1.82) is 0 Å². The summed E-state index contributed by atoms with van der Waals surface area (Å²) in [5, 5.41) is 7.32. The Morgan fingerprint density at radius 1 is 1.12 bits per heavy atom. The van der Waals surface area contributed by atoms with E-state index >= 15 is 0 Å². The van der Waals surface area contributed by atoms with Crippen LogP contribution in [-0.2, 0) is 16.0 Å². The van der Waals surface area contributed by atoms with Gasteiger partial charge in [0.25, 0.3) is 0 Å². The van der Waals surface area contributed by atoms with Gasteiger partial charge >= 0.3 is 0 Å². The molecule has 0 aliphatic carbocycles. The average molecular weight is 443 g/mol. The van der Waals surface area contributed by atoms with Crippen LogP contribution in [-0.4, -0.2) is 48.5 Å². The lowest BCUT2D eigenvalue weighted by Crippen LogP contribution is -2.53. The van der Waals surface area contributed by atoms with Crippen LogP contribution in [0.4, 0.5) is 5.69 Å². The molecule has 2 aromatic heterocycles. The zero-order chi connectivity index (χ0) is 22.8. The van der Waals surface area contributed by atoms with Crippen molar-refractivity contribution in [2.45, 2.75) is 38.1 Å². The smallest absolute Gasteiger partial charge is 0.250 e. The molecule has 2 amide bonds. The molecular formula is C25H26N6O2. The van der Waals surface area contributed by atoms with Crippen molar-refractivity contribution in [2.75, 3.05) is 11.9 Å². The Labute approximate surface area is 191 Å². The molecule has 0 spiro atoms. The number of imidazole rings is 1. The molecule has 4 aromatic rings. The number of aromatic nitrogens is 4. The molecule has 1 aliphatic heterocycles. The van der Waals surface area contributed by atoms with Crippen LogP contribution < -0.4 is 5.32 Å². The van der Waals surface area contributed by atoms with E-state index in [1.54, 1.807) is 15.8 Å². The highest BCUT2D eigenvalue weighted by Gasteiger charge is 2.45. The zero-order valence-electron chi connectivity index (χ0n) is 18.5. The molecule has 1 fully saturated rings. The molecule has 0 unspecified atom stereocenters. The third-order valence-corrected chi connectivity index (χ3v) is 6.35. The minimum Gasteiger partial charge on any atom is -0.342 e. The summed E-state index contributed by atoms with van der Waals surface area (Å²) in [5.41, 5.74) is 2.39. The molecule has 1 atom stereocenters. The van der Waals surface area contributed by atoms with E-state index in [1.807, 2.05) is 67.7 Å². The Morgan fingerprint density at radius 2 is 1.94 bits per heavy atom. The van der Waals surface area contributed by atoms with Crippen molar-refractivity contribution in [3.8, 4) is 5.69 Å². The van der Waals surface area contributed by atoms with Crippen LogP contribution >= 0.6 is 0 Å². The number of aromatic amines is 1. The Hall–Kier alpha value is -3.94. The van der Waals surface area contributed by atoms with Gasteiger partial charge in [0, 0.05) is 31.8 Å². The van der Waals surface area contributed by atoms with Gasteiger partial charge in [0.2, 0.25) is 11.8 Å². The van der Waals surface area contributed by atoms with Gasteiger partial charge in [-0.25, -0.2) is 9.67 Å². The van der Waals surface area contributed by atoms with Crippen LogP contribution in [0.3, 0.4) is 0 Å². The van der Waals surface area contributed by atoms with Gasteiger partial charge in [-0.15, -0.1) is 0 Å². The second-order valence-electron chi connectivity index (χ2n) is 8.55. The molecule has 0 saturated carbocycles. The van der Waals surface area contributed by atoms with Gasteiger partial charge in [0.15, 0.2) is 0 Å². The lowest BCUT2D eigenvalue weighted by molar-refractivity contribution is -0.141. The van der Waals surface area contributed by atoms with E-state index in [-0.39, 0.29) is 11.8 Å². The normalized spacial score (nSPS) is 18.0. The monoisotopic (exact) mass is 442 g/mol. The number of rotatable bonds is 6. The van der Waals surface area contributed by atoms with Crippen molar-refractivity contribution < 1.29 is 9.59 Å². The summed E-state index contributed by atoms with van der Waals surface area (Å²) < 4.78 is 1.71. The maximum absolute atomic E-state index is 13.4. The fraction of sp³-hybridized carbons (Fsp3) is 0.280. The highest BCUT2D eigenvalue weighted by Crippen LogP contribution is 2.32. The first-order valence-electron chi connectivity index (χ1n) is 11.2. The third kappa shape index (κ3) is 4.00. The van der Waals surface area contributed by atoms with Gasteiger partial charge in [-0.2, -0.15) is 5.10 Å². The Balaban J connectivity index is 1.29. The first kappa shape index (κ1) is 20.9. The molecule has 0 radical (unpaired) electrons. The van der Waals surface area contributed by atoms with Gasteiger partial charge in [0.1, 0.15) is 11.4 Å². The number of para-hydroxylation sites is 4. The molecule has 0 bridgehead atoms. The van der Waals surface area contributed by atoms with Crippen LogP contribution in [0.2, 0.25) is 0 Å². The van der Waals surface area contributed by atoms with E-state index in [2.05, 4.69) is 20.4 Å². The second-order valence-corrected chi connectivity index (χ2v) is 8.55. The number of H-pyrrole nitrogens is 1. The zero-order valence-corrected chi connectivity index (χ0v) is 18.5. The maximum Gasteiger partial charge on any atom is 0.250 e. The van der Waals surface area contributed by atoms with Crippen LogP contribution in [0, 0.1) is 0 Å². The SMILES string of the molecule is C[C@@]1(C(=O)Nc2ccccc2-n2cccn2)CCCN1C(=O)CCc1nc2ccccc2[nH]1. The molecule has 1 aliphatic rings. The quantitative estimate of drug-likeness (QED) is 0.476. The van der Waals surface area contributed by atoms with Gasteiger partial charge < -0.3 is 15.2 Å². The summed E-state index contributed by atoms with van der Waals surface area (Å²) in [6.45, 7) is 2.43. The molecule has 33 heavy (non-hydrogen) atoms. The fourth-order valence-corrected chi connectivity index (χ4v) is 4.53. The summed E-state index contributed by atoms with van der Waals surface area (Å²) in [6.07, 6.45) is 5.74. The number of hydrogen-bond donors (Lipinski definition) is 2. The van der Waals surface area contributed by atoms with Gasteiger partial charge in [0.05, 0.1) is 22.4 Å². The predicted octanol–water partition coefficient (Wildman–Crippen LogP) is 3.70. The molecule has 5 rings (SSSR count). The van der Waals surface area contributed by atoms with Gasteiger partial charge in [-0.3, -0.25) is 9.59 Å². The number of carbonyl (C=O) groups is 2. The average Bonchev–Trinajstić information content (AvgIpc) is 3.57. The molecule has 2 N–H and O–H groups in total. The molecular weight excluding hydrogens is 416 g/mol. The Kier molecular flexibility index (Phi) is 5.42. The number of nitrogens with one attached hydrogen (secondary N) is 2. The number of carbonyl (C=O) groups excluding carboxylic acids is 2. The second kappa shape index (κ2) is 8.54. The number of benzene rings is 2. The number of amides is 2. The Morgan fingerprint density at radius 3 is 2.76 bits per heavy atom. The molecule has 1 saturated heterocycles. The minimum absolute atomic E-state index is 0.0361. The number of likely N-dealkylation sites (tertiary alicyclic amines) is 1. The predicted molar refractivity (Wildman–Crippen MR) is 126 cm³/mol. The lowest BCUT2D eigenvalue weighted by Gasteiger charge is -2.34. The van der Waals surface area contributed by atoms with Crippen molar-refractivity contribution >= 4 is 28.5 Å². The van der Waals surface area contributed by atoms with E-state index < -0.39 is 5.54 Å². The number of fused-ring (bicyclic) bond motifs is 1. The number of aryl methyl sites for hydroxylation is 1. The Bertz CT molecular complexity index is 1260. The van der Waals surface area contributed by atoms with Crippen molar-refractivity contribution in [1.82, 2.24) is 24.6 Å². The van der Waals surface area contributed by atoms with Gasteiger partial charge in [-0.05, 0) is 50.1 Å². The van der Waals surface area contributed by atoms with Crippen LogP contribution in [0.5, 0.6) is 0 Å². The lowest BCUT2D eigenvalue weighted by atomic mass is 9.97. The third-order valence-electron chi connectivity index (χ3n) is 6.35. The van der Waals surface area contributed by atoms with Crippen molar-refractivity contribution in [2.24, 2.45) is 0 Å². The van der Waals surface area contributed by atoms with Crippen molar-refractivity contribution in [3.63, 3.8) is 0 Å². The summed E-state index contributed by atoms with van der Waals surface area (Å²) in [6, 6.07) is 17.2. The highest BCUT2D eigenvalue weighted by molar-refractivity contribution is 6.01. The number of nitrogens with zero attached hydrogens (tertiary/aromatic N) is 4.